The molecule has 6 nitrogen and oxygen atoms in total. The molecule has 0 amide bonds. The van der Waals surface area contributed by atoms with Crippen LogP contribution >= 0.6 is 0 Å². The van der Waals surface area contributed by atoms with Crippen LogP contribution in [0.25, 0.3) is 0 Å². The normalized spacial score (nSPS) is 12.7. The molecule has 0 spiro atoms. The van der Waals surface area contributed by atoms with Crippen molar-refractivity contribution in [3.05, 3.63) is 47.5 Å². The Morgan fingerprint density at radius 2 is 1.47 bits per heavy atom. The Bertz CT molecular complexity index is 1180. The number of nitrogens with zero attached hydrogens (tertiary/aromatic N) is 1. The second-order valence-electron chi connectivity index (χ2n) is 6.37. The van der Waals surface area contributed by atoms with Crippen molar-refractivity contribution < 1.29 is 57.4 Å². The minimum Gasteiger partial charge on any atom is -0.483 e. The van der Waals surface area contributed by atoms with Crippen molar-refractivity contribution >= 4 is 15.7 Å². The molecule has 2 aromatic rings. The van der Waals surface area contributed by atoms with Gasteiger partial charge in [0, 0.05) is 5.69 Å². The SMILES string of the molecule is N#Cc1c(OCC(F)(F)F)ccc(S(=O)(=O)Nc2cccc(C(F)(F)F)c2)c1OCC(F)(F)F. The number of sulfonamides is 1. The van der Waals surface area contributed by atoms with Crippen LogP contribution in [0.4, 0.5) is 45.2 Å². The Labute approximate surface area is 185 Å². The van der Waals surface area contributed by atoms with Gasteiger partial charge in [-0.1, -0.05) is 6.07 Å². The number of hydrogen-bond donors (Lipinski definition) is 1. The molecule has 2 rings (SSSR count). The van der Waals surface area contributed by atoms with Crippen molar-refractivity contribution in [3.8, 4) is 17.6 Å². The first-order valence-corrected chi connectivity index (χ1v) is 10.1. The largest absolute Gasteiger partial charge is 0.483 e. The number of benzene rings is 2. The maximum absolute atomic E-state index is 12.9. The highest BCUT2D eigenvalue weighted by atomic mass is 32.2. The first-order chi connectivity index (χ1) is 15.4. The van der Waals surface area contributed by atoms with Crippen molar-refractivity contribution in [3.63, 3.8) is 0 Å². The number of halogens is 9. The lowest BCUT2D eigenvalue weighted by Gasteiger charge is -2.18. The second kappa shape index (κ2) is 9.49. The summed E-state index contributed by atoms with van der Waals surface area (Å²) in [4.78, 5) is -1.16. The van der Waals surface area contributed by atoms with E-state index < -0.39 is 75.0 Å². The van der Waals surface area contributed by atoms with Crippen LogP contribution < -0.4 is 14.2 Å². The summed E-state index contributed by atoms with van der Waals surface area (Å²) < 4.78 is 150. The summed E-state index contributed by atoms with van der Waals surface area (Å²) >= 11 is 0. The third-order valence-corrected chi connectivity index (χ3v) is 5.10. The van der Waals surface area contributed by atoms with Gasteiger partial charge in [0.25, 0.3) is 10.0 Å². The fourth-order valence-corrected chi connectivity index (χ4v) is 3.61. The molecular weight excluding hydrogens is 511 g/mol. The summed E-state index contributed by atoms with van der Waals surface area (Å²) in [5, 5.41) is 9.25. The summed E-state index contributed by atoms with van der Waals surface area (Å²) in [6.45, 7) is -4.11. The van der Waals surface area contributed by atoms with Crippen LogP contribution in [0.3, 0.4) is 0 Å². The van der Waals surface area contributed by atoms with Crippen molar-refractivity contribution in [2.45, 2.75) is 23.4 Å². The van der Waals surface area contributed by atoms with E-state index in [0.717, 1.165) is 12.1 Å². The van der Waals surface area contributed by atoms with Crippen molar-refractivity contribution in [2.75, 3.05) is 17.9 Å². The monoisotopic (exact) mass is 522 g/mol. The second-order valence-corrected chi connectivity index (χ2v) is 8.02. The van der Waals surface area contributed by atoms with Gasteiger partial charge in [0.05, 0.1) is 5.56 Å². The number of hydrogen-bond acceptors (Lipinski definition) is 5. The molecular formula is C18H11F9N2O4S. The fourth-order valence-electron chi connectivity index (χ4n) is 2.41. The Morgan fingerprint density at radius 3 is 2.00 bits per heavy atom. The van der Waals surface area contributed by atoms with Gasteiger partial charge in [-0.3, -0.25) is 4.72 Å². The maximum atomic E-state index is 12.9. The Kier molecular flexibility index (Phi) is 7.51. The lowest BCUT2D eigenvalue weighted by Crippen LogP contribution is -2.23. The molecule has 2 aromatic carbocycles. The Balaban J connectivity index is 2.56. The minimum absolute atomic E-state index is 0.389. The maximum Gasteiger partial charge on any atom is 0.422 e. The van der Waals surface area contributed by atoms with Crippen molar-refractivity contribution in [1.82, 2.24) is 0 Å². The zero-order valence-electron chi connectivity index (χ0n) is 16.3. The predicted octanol–water partition coefficient (Wildman–Crippen LogP) is 5.26. The lowest BCUT2D eigenvalue weighted by atomic mass is 10.2. The molecule has 0 aromatic heterocycles. The third kappa shape index (κ3) is 7.33. The minimum atomic E-state index is -5.05. The van der Waals surface area contributed by atoms with E-state index in [1.165, 1.54) is 6.07 Å². The molecule has 186 valence electrons. The van der Waals surface area contributed by atoms with Crippen LogP contribution in [0.2, 0.25) is 0 Å². The van der Waals surface area contributed by atoms with E-state index in [2.05, 4.69) is 9.47 Å². The molecule has 1 N–H and O–H groups in total. The zero-order valence-corrected chi connectivity index (χ0v) is 17.1. The molecule has 0 atom stereocenters. The molecule has 0 heterocycles. The Morgan fingerprint density at radius 1 is 0.882 bits per heavy atom. The van der Waals surface area contributed by atoms with Gasteiger partial charge in [0.15, 0.2) is 19.0 Å². The van der Waals surface area contributed by atoms with Gasteiger partial charge in [0.1, 0.15) is 22.3 Å². The van der Waals surface area contributed by atoms with Crippen LogP contribution in [0, 0.1) is 11.3 Å². The van der Waals surface area contributed by atoms with E-state index in [9.17, 15) is 53.2 Å². The van der Waals surface area contributed by atoms with E-state index in [4.69, 9.17) is 0 Å². The average molecular weight is 522 g/mol. The molecule has 0 bridgehead atoms. The van der Waals surface area contributed by atoms with Gasteiger partial charge >= 0.3 is 18.5 Å². The molecule has 0 saturated carbocycles. The van der Waals surface area contributed by atoms with E-state index in [1.807, 2.05) is 0 Å². The van der Waals surface area contributed by atoms with Gasteiger partial charge in [-0.05, 0) is 30.3 Å². The van der Waals surface area contributed by atoms with Gasteiger partial charge < -0.3 is 9.47 Å². The van der Waals surface area contributed by atoms with Crippen molar-refractivity contribution in [1.29, 1.82) is 5.26 Å². The summed E-state index contributed by atoms with van der Waals surface area (Å²) in [6.07, 6.45) is -14.8. The molecule has 0 radical (unpaired) electrons. The molecule has 0 aliphatic carbocycles. The lowest BCUT2D eigenvalue weighted by molar-refractivity contribution is -0.154. The van der Waals surface area contributed by atoms with E-state index in [0.29, 0.717) is 24.3 Å². The Hall–Kier alpha value is -3.35. The summed E-state index contributed by atoms with van der Waals surface area (Å²) in [6, 6.07) is 5.01. The smallest absolute Gasteiger partial charge is 0.422 e. The fraction of sp³-hybridized carbons (Fsp3) is 0.278. The molecule has 0 saturated heterocycles. The van der Waals surface area contributed by atoms with Gasteiger partial charge in [-0.15, -0.1) is 0 Å². The van der Waals surface area contributed by atoms with Gasteiger partial charge in [-0.2, -0.15) is 44.8 Å². The number of alkyl halides is 9. The van der Waals surface area contributed by atoms with Crippen LogP contribution in [0.5, 0.6) is 11.5 Å². The summed E-state index contributed by atoms with van der Waals surface area (Å²) in [5.74, 6) is -2.24. The number of nitrogens with one attached hydrogen (secondary N) is 1. The topological polar surface area (TPSA) is 88.4 Å². The molecule has 0 aliphatic rings. The van der Waals surface area contributed by atoms with Crippen molar-refractivity contribution in [2.24, 2.45) is 0 Å². The molecule has 0 fully saturated rings. The zero-order chi connectivity index (χ0) is 25.9. The summed E-state index contributed by atoms with van der Waals surface area (Å²) in [7, 11) is -5.01. The first-order valence-electron chi connectivity index (χ1n) is 8.59. The van der Waals surface area contributed by atoms with E-state index >= 15 is 0 Å². The summed E-state index contributed by atoms with van der Waals surface area (Å²) in [5.41, 5.74) is -3.01. The van der Waals surface area contributed by atoms with Crippen LogP contribution in [0.1, 0.15) is 11.1 Å². The highest BCUT2D eigenvalue weighted by molar-refractivity contribution is 7.92. The third-order valence-electron chi connectivity index (χ3n) is 3.70. The average Bonchev–Trinajstić information content (AvgIpc) is 2.68. The van der Waals surface area contributed by atoms with Gasteiger partial charge in [-0.25, -0.2) is 8.42 Å². The van der Waals surface area contributed by atoms with E-state index in [1.54, 1.807) is 4.72 Å². The quantitative estimate of drug-likeness (QED) is 0.502. The van der Waals surface area contributed by atoms with E-state index in [-0.39, 0.29) is 0 Å². The number of ether oxygens (including phenoxy) is 2. The molecule has 16 heteroatoms. The standard InChI is InChI=1S/C18H11F9N2O4S/c19-16(20,21)8-32-13-4-5-14(15(12(13)7-28)33-9-17(22,23)24)34(30,31)29-11-3-1-2-10(6-11)18(25,26)27/h1-6,29H,8-9H2. The molecule has 34 heavy (non-hydrogen) atoms. The number of anilines is 1. The van der Waals surface area contributed by atoms with Crippen LogP contribution in [-0.2, 0) is 16.2 Å². The van der Waals surface area contributed by atoms with Crippen LogP contribution in [-0.4, -0.2) is 34.0 Å². The predicted molar refractivity (Wildman–Crippen MR) is 96.5 cm³/mol. The molecule has 0 unspecified atom stereocenters. The highest BCUT2D eigenvalue weighted by Gasteiger charge is 2.34. The molecule has 0 aliphatic heterocycles. The number of rotatable bonds is 7. The van der Waals surface area contributed by atoms with Gasteiger partial charge in [0.2, 0.25) is 0 Å². The first kappa shape index (κ1) is 26.9. The van der Waals surface area contributed by atoms with Crippen LogP contribution in [0.15, 0.2) is 41.3 Å². The number of nitriles is 1. The highest BCUT2D eigenvalue weighted by Crippen LogP contribution is 2.38.